The quantitative estimate of drug-likeness (QED) is 0.0204. The number of aliphatic hydroxyl groups excluding tert-OH is 2. The second kappa shape index (κ2) is 31.0. The van der Waals surface area contributed by atoms with Gasteiger partial charge in [0.25, 0.3) is 0 Å². The van der Waals surface area contributed by atoms with Crippen molar-refractivity contribution >= 4 is 98.7 Å². The molecule has 29 heteroatoms. The first-order chi connectivity index (χ1) is 31.6. The number of allylic oxidation sites excluding steroid dienone is 2. The molecule has 2 unspecified atom stereocenters. The Hall–Kier alpha value is -1.70. The number of unbranched alkanes of at least 4 members (excludes halogenated alkanes) is 11. The number of aliphatic hydroxyl groups is 2. The molecule has 1 aliphatic rings. The van der Waals surface area contributed by atoms with Crippen LogP contribution in [-0.2, 0) is 50.7 Å². The molecule has 68 heavy (non-hydrogen) atoms. The molecule has 0 aromatic carbocycles. The zero-order valence-corrected chi connectivity index (χ0v) is 44.6. The molecular weight excluding hydrogens is 986 g/mol. The maximum Gasteiger partial charge on any atom is 0.481 e. The minimum absolute atomic E-state index is 0. The topological polar surface area (TPSA) is 364 Å². The van der Waals surface area contributed by atoms with Gasteiger partial charge in [0, 0.05) is 66.7 Å². The Morgan fingerprint density at radius 1 is 0.897 bits per heavy atom. The van der Waals surface area contributed by atoms with Crippen molar-refractivity contribution < 1.29 is 80.5 Å². The number of phosphoric ester groups is 3. The van der Waals surface area contributed by atoms with Crippen LogP contribution in [0.25, 0.3) is 11.2 Å². The number of ether oxygens (including phenoxy) is 1. The Morgan fingerprint density at radius 3 is 2.16 bits per heavy atom. The van der Waals surface area contributed by atoms with Gasteiger partial charge < -0.3 is 50.9 Å². The molecule has 383 valence electrons. The molecule has 2 amide bonds. The number of nitrogens with two attached hydrogens (primary N) is 1. The number of amides is 2. The molecule has 0 aliphatic carbocycles. The third kappa shape index (κ3) is 23.2. The molecule has 2 aromatic rings. The van der Waals surface area contributed by atoms with E-state index in [-0.39, 0.29) is 71.2 Å². The van der Waals surface area contributed by atoms with Gasteiger partial charge in [-0.05, 0) is 32.1 Å². The molecule has 1 aliphatic heterocycles. The van der Waals surface area contributed by atoms with Crippen molar-refractivity contribution in [3.63, 3.8) is 0 Å². The van der Waals surface area contributed by atoms with E-state index in [9.17, 15) is 57.9 Å². The Morgan fingerprint density at radius 2 is 1.51 bits per heavy atom. The van der Waals surface area contributed by atoms with Crippen LogP contribution in [-0.4, -0.2) is 152 Å². The van der Waals surface area contributed by atoms with Crippen LogP contribution in [0.2, 0.25) is 0 Å². The summed E-state index contributed by atoms with van der Waals surface area (Å²) in [5.74, 6) is -1.03. The smallest absolute Gasteiger partial charge is 0.386 e. The van der Waals surface area contributed by atoms with Crippen LogP contribution in [0.1, 0.15) is 123 Å². The summed E-state index contributed by atoms with van der Waals surface area (Å²) in [6.45, 7) is 2.79. The molecule has 10 N–H and O–H groups in total. The summed E-state index contributed by atoms with van der Waals surface area (Å²) in [6, 6.07) is 0. The number of anilines is 1. The van der Waals surface area contributed by atoms with Crippen molar-refractivity contribution in [1.29, 1.82) is 0 Å². The number of fused-ring (bicyclic) bond motifs is 1. The Labute approximate surface area is 422 Å². The number of thioether (sulfide) groups is 1. The van der Waals surface area contributed by atoms with Gasteiger partial charge in [0.2, 0.25) is 11.8 Å². The van der Waals surface area contributed by atoms with Crippen molar-refractivity contribution in [3.05, 3.63) is 24.8 Å². The number of phosphoric acid groups is 3. The summed E-state index contributed by atoms with van der Waals surface area (Å²) >= 11 is 1.15. The largest absolute Gasteiger partial charge is 0.481 e. The fourth-order valence-corrected chi connectivity index (χ4v) is 10.3. The number of nitrogen functional groups attached to an aromatic ring is 1. The van der Waals surface area contributed by atoms with E-state index in [1.165, 1.54) is 52.4 Å². The number of hydrogen-bond donors (Lipinski definition) is 9. The normalized spacial score (nSPS) is 19.9. The second-order valence-electron chi connectivity index (χ2n) is 16.6. The van der Waals surface area contributed by atoms with Gasteiger partial charge in [-0.1, -0.05) is 96.1 Å². The van der Waals surface area contributed by atoms with E-state index in [4.69, 9.17) is 19.5 Å². The van der Waals surface area contributed by atoms with Crippen molar-refractivity contribution in [2.45, 2.75) is 148 Å². The maximum absolute atomic E-state index is 12.7. The Kier molecular flexibility index (Phi) is 28.5. The van der Waals surface area contributed by atoms with E-state index in [0.717, 1.165) is 73.9 Å². The van der Waals surface area contributed by atoms with Gasteiger partial charge in [0.15, 0.2) is 22.8 Å². The predicted octanol–water partition coefficient (Wildman–Crippen LogP) is 4.32. The fourth-order valence-electron chi connectivity index (χ4n) is 6.71. The number of rotatable bonds is 34. The summed E-state index contributed by atoms with van der Waals surface area (Å²) in [5, 5.41) is 26.7. The van der Waals surface area contributed by atoms with Gasteiger partial charge >= 0.3 is 23.5 Å². The molecule has 24 nitrogen and oxygen atoms in total. The predicted molar refractivity (Wildman–Crippen MR) is 252 cm³/mol. The number of hydrogen-bond acceptors (Lipinski definition) is 18. The van der Waals surface area contributed by atoms with Crippen LogP contribution in [0.15, 0.2) is 24.8 Å². The first-order valence-corrected chi connectivity index (χ1v) is 27.8. The van der Waals surface area contributed by atoms with Crippen molar-refractivity contribution in [2.24, 2.45) is 5.41 Å². The molecule has 3 rings (SSSR count). The first kappa shape index (κ1) is 62.4. The molecule has 1 radical (unpaired) electrons. The summed E-state index contributed by atoms with van der Waals surface area (Å²) in [5.41, 5.74) is 4.29. The summed E-state index contributed by atoms with van der Waals surface area (Å²) in [7, 11) is -16.4. The minimum atomic E-state index is -5.58. The summed E-state index contributed by atoms with van der Waals surface area (Å²) < 4.78 is 62.4. The van der Waals surface area contributed by atoms with E-state index in [2.05, 4.69) is 53.5 Å². The molecule has 7 atom stereocenters. The molecule has 1 fully saturated rings. The average Bonchev–Trinajstić information content (AvgIpc) is 3.81. The molecule has 2 aromatic heterocycles. The van der Waals surface area contributed by atoms with Crippen LogP contribution in [0.4, 0.5) is 5.82 Å². The van der Waals surface area contributed by atoms with Crippen LogP contribution >= 0.6 is 35.2 Å². The Balaban J connectivity index is 0.0000159. The van der Waals surface area contributed by atoms with Gasteiger partial charge in [-0.15, -0.1) is 0 Å². The number of carbonyl (C=O) groups excluding carboxylic acids is 3. The molecule has 3 heterocycles. The second-order valence-corrected chi connectivity index (χ2v) is 22.0. The average molecular weight is 1050 g/mol. The van der Waals surface area contributed by atoms with Gasteiger partial charge in [-0.25, -0.2) is 28.6 Å². The van der Waals surface area contributed by atoms with Crippen LogP contribution in [0.3, 0.4) is 0 Å². The monoisotopic (exact) mass is 1050 g/mol. The van der Waals surface area contributed by atoms with Gasteiger partial charge in [-0.3, -0.25) is 32.5 Å². The Bertz CT molecular complexity index is 2050. The van der Waals surface area contributed by atoms with Crippen molar-refractivity contribution in [2.75, 3.05) is 37.8 Å². The van der Waals surface area contributed by atoms with Gasteiger partial charge in [0.05, 0.1) is 19.5 Å². The third-order valence-corrected chi connectivity index (χ3v) is 14.4. The number of imidazole rings is 1. The number of nitrogens with one attached hydrogen (secondary N) is 2. The van der Waals surface area contributed by atoms with E-state index < -0.39 is 84.6 Å². The van der Waals surface area contributed by atoms with Crippen LogP contribution < -0.4 is 16.4 Å². The maximum atomic E-state index is 12.7. The van der Waals surface area contributed by atoms with E-state index in [1.54, 1.807) is 0 Å². The van der Waals surface area contributed by atoms with E-state index in [1.807, 2.05) is 0 Å². The molecular formula is C39H68N7NaO17P3S. The number of carbonyl (C=O) groups is 3. The minimum Gasteiger partial charge on any atom is -0.386 e. The first-order valence-electron chi connectivity index (χ1n) is 22.3. The summed E-state index contributed by atoms with van der Waals surface area (Å²) in [6.07, 6.45) is 13.5. The van der Waals surface area contributed by atoms with Crippen LogP contribution in [0, 0.1) is 5.41 Å². The van der Waals surface area contributed by atoms with E-state index in [0.29, 0.717) is 12.2 Å². The number of aromatic nitrogens is 4. The number of nitrogens with zero attached hydrogens (tertiary/aromatic N) is 4. The van der Waals surface area contributed by atoms with Gasteiger partial charge in [0.1, 0.15) is 36.3 Å². The molecule has 1 saturated heterocycles. The van der Waals surface area contributed by atoms with E-state index >= 15 is 0 Å². The van der Waals surface area contributed by atoms with Crippen LogP contribution in [0.5, 0.6) is 0 Å². The zero-order valence-electron chi connectivity index (χ0n) is 39.1. The fraction of sp³-hybridized carbons (Fsp3) is 0.744. The van der Waals surface area contributed by atoms with Crippen molar-refractivity contribution in [3.8, 4) is 0 Å². The molecule has 0 bridgehead atoms. The third-order valence-electron chi connectivity index (χ3n) is 10.4. The van der Waals surface area contributed by atoms with Gasteiger partial charge in [-0.2, -0.15) is 4.31 Å². The summed E-state index contributed by atoms with van der Waals surface area (Å²) in [4.78, 5) is 88.3. The standard InChI is InChI=1S/C39H68N7O17P3S.Na/c1-4-5-6-7-8-9-10-11-12-13-14-15-16-17-18-19-30(48)67-23-22-41-29(47)20-21-42-37(51)34(50)39(2,3)25-60-66(57,58)63-65(55,56)59-24-28-33(62-64(52,53)54)32(49)38(61-28)46-27-45-31-35(40)43-26-44-36(31)46;/h11-12,26-28,32-34,38,49-50H,4-10,13-25H2,1-3H3,(H,41,47)(H,42,51)(H,55,56)(H,57,58)(H2,40,43,44)(H2,52,53,54);/b12-11-;/t28-,32-,33-,34+,38-;/m1./s1. The SMILES string of the molecule is CCCCCCCC/C=C\CCCCCCCC(=O)SCCNC(=O)CCNC(=O)[C@H](O)C(C)(C)COP(=O)(O)OP(=O)(O)OC[C@H]1O[C@@H](n2cnc3c(N)ncnc32)[C@H](O)[C@@H]1OP(=O)(O)O.[Na]. The molecule has 0 saturated carbocycles. The zero-order chi connectivity index (χ0) is 49.7. The van der Waals surface area contributed by atoms with Crippen molar-refractivity contribution in [1.82, 2.24) is 30.2 Å². The molecule has 0 spiro atoms.